The molecule has 2 aliphatic heterocycles. The fourth-order valence-electron chi connectivity index (χ4n) is 4.23. The number of aliphatic imine (C=N–C) groups is 1. The molecule has 0 amide bonds. The second-order valence-corrected chi connectivity index (χ2v) is 10.8. The number of benzene rings is 2. The molecule has 0 bridgehead atoms. The molecule has 0 saturated carbocycles. The van der Waals surface area contributed by atoms with Gasteiger partial charge in [-0.05, 0) is 67.8 Å². The van der Waals surface area contributed by atoms with Crippen LogP contribution < -0.4 is 9.47 Å². The highest BCUT2D eigenvalue weighted by atomic mass is 32.2. The Bertz CT molecular complexity index is 1140. The van der Waals surface area contributed by atoms with E-state index in [4.69, 9.17) is 19.2 Å². The molecule has 0 radical (unpaired) electrons. The first-order valence-electron chi connectivity index (χ1n) is 11.7. The molecule has 1 aromatic heterocycles. The summed E-state index contributed by atoms with van der Waals surface area (Å²) in [7, 11) is 0. The molecule has 0 aliphatic carbocycles. The van der Waals surface area contributed by atoms with E-state index in [1.54, 1.807) is 23.5 Å². The van der Waals surface area contributed by atoms with Crippen molar-refractivity contribution in [2.24, 2.45) is 10.9 Å². The van der Waals surface area contributed by atoms with Gasteiger partial charge < -0.3 is 24.3 Å². The van der Waals surface area contributed by atoms with Crippen molar-refractivity contribution in [1.29, 1.82) is 0 Å². The van der Waals surface area contributed by atoms with Crippen molar-refractivity contribution in [3.63, 3.8) is 0 Å². The van der Waals surface area contributed by atoms with Gasteiger partial charge in [-0.25, -0.2) is 0 Å². The summed E-state index contributed by atoms with van der Waals surface area (Å²) in [5, 5.41) is 11.6. The molecule has 2 aromatic carbocycles. The summed E-state index contributed by atoms with van der Waals surface area (Å²) in [5.41, 5.74) is 1.94. The lowest BCUT2D eigenvalue weighted by atomic mass is 10.0. The van der Waals surface area contributed by atoms with Crippen LogP contribution in [0, 0.1) is 5.92 Å². The minimum absolute atomic E-state index is 0.190. The lowest BCUT2D eigenvalue weighted by Gasteiger charge is -2.22. The molecule has 8 heteroatoms. The van der Waals surface area contributed by atoms with E-state index < -0.39 is 0 Å². The van der Waals surface area contributed by atoms with Gasteiger partial charge in [0.15, 0.2) is 0 Å². The summed E-state index contributed by atoms with van der Waals surface area (Å²) in [4.78, 5) is 9.45. The van der Waals surface area contributed by atoms with Crippen LogP contribution in [-0.4, -0.2) is 59.6 Å². The molecular formula is C26H30N2O4S2. The molecular weight excluding hydrogens is 468 g/mol. The molecule has 2 aliphatic rings. The van der Waals surface area contributed by atoms with Crippen molar-refractivity contribution in [2.45, 2.75) is 29.4 Å². The molecule has 1 fully saturated rings. The standard InChI is InChI=1S/C26H30N2O4S2/c1-33-21-4-2-19(3-5-21)32-20-12-18-13-23(26-27-15-22(34-26)6-9-29)28-25(18)24(14-20)31-16-17-7-10-30-11-8-17/h2-5,12-14,17,22,28-29H,6-11,15-16H2,1H3. The number of aliphatic hydroxyl groups is 1. The number of thioether (sulfide) groups is 2. The van der Waals surface area contributed by atoms with Crippen LogP contribution in [0.25, 0.3) is 10.9 Å². The maximum atomic E-state index is 9.27. The number of rotatable bonds is 9. The Morgan fingerprint density at radius 2 is 1.97 bits per heavy atom. The molecule has 5 rings (SSSR count). The van der Waals surface area contributed by atoms with Crippen LogP contribution in [-0.2, 0) is 4.74 Å². The first kappa shape index (κ1) is 23.6. The van der Waals surface area contributed by atoms with Crippen LogP contribution in [0.1, 0.15) is 25.0 Å². The van der Waals surface area contributed by atoms with Crippen molar-refractivity contribution in [2.75, 3.05) is 39.2 Å². The fraction of sp³-hybridized carbons (Fsp3) is 0.423. The number of H-pyrrole nitrogens is 1. The third kappa shape index (κ3) is 5.57. The van der Waals surface area contributed by atoms with Crippen LogP contribution in [0.2, 0.25) is 0 Å². The number of hydrogen-bond acceptors (Lipinski definition) is 7. The topological polar surface area (TPSA) is 76.1 Å². The largest absolute Gasteiger partial charge is 0.491 e. The molecule has 1 unspecified atom stereocenters. The van der Waals surface area contributed by atoms with Crippen LogP contribution in [0.15, 0.2) is 52.4 Å². The second kappa shape index (κ2) is 11.1. The lowest BCUT2D eigenvalue weighted by molar-refractivity contribution is 0.0499. The van der Waals surface area contributed by atoms with Gasteiger partial charge >= 0.3 is 0 Å². The lowest BCUT2D eigenvalue weighted by Crippen LogP contribution is -2.21. The molecule has 180 valence electrons. The summed E-state index contributed by atoms with van der Waals surface area (Å²) >= 11 is 3.44. The summed E-state index contributed by atoms with van der Waals surface area (Å²) < 4.78 is 18.1. The van der Waals surface area contributed by atoms with Crippen molar-refractivity contribution in [3.8, 4) is 17.2 Å². The predicted octanol–water partition coefficient (Wildman–Crippen LogP) is 5.73. The van der Waals surface area contributed by atoms with E-state index in [2.05, 4.69) is 29.4 Å². The van der Waals surface area contributed by atoms with Crippen molar-refractivity contribution < 1.29 is 19.3 Å². The number of aliphatic hydroxyl groups excluding tert-OH is 1. The monoisotopic (exact) mass is 498 g/mol. The van der Waals surface area contributed by atoms with Gasteiger partial charge in [-0.2, -0.15) is 0 Å². The zero-order valence-electron chi connectivity index (χ0n) is 19.3. The minimum Gasteiger partial charge on any atom is -0.491 e. The Hall–Kier alpha value is -2.13. The van der Waals surface area contributed by atoms with Gasteiger partial charge in [0, 0.05) is 41.4 Å². The van der Waals surface area contributed by atoms with Gasteiger partial charge in [0.2, 0.25) is 0 Å². The number of nitrogens with zero attached hydrogens (tertiary/aromatic N) is 1. The molecule has 0 spiro atoms. The highest BCUT2D eigenvalue weighted by Crippen LogP contribution is 2.37. The average molecular weight is 499 g/mol. The minimum atomic E-state index is 0.190. The van der Waals surface area contributed by atoms with Crippen LogP contribution >= 0.6 is 23.5 Å². The third-order valence-corrected chi connectivity index (χ3v) is 8.21. The van der Waals surface area contributed by atoms with Gasteiger partial charge in [-0.3, -0.25) is 4.99 Å². The van der Waals surface area contributed by atoms with Crippen LogP contribution in [0.3, 0.4) is 0 Å². The summed E-state index contributed by atoms with van der Waals surface area (Å²) in [5.74, 6) is 2.83. The van der Waals surface area contributed by atoms with E-state index >= 15 is 0 Å². The summed E-state index contributed by atoms with van der Waals surface area (Å²) in [6.07, 6.45) is 4.87. The Balaban J connectivity index is 1.42. The molecule has 1 saturated heterocycles. The van der Waals surface area contributed by atoms with E-state index in [9.17, 15) is 5.11 Å². The van der Waals surface area contributed by atoms with Crippen LogP contribution in [0.5, 0.6) is 17.2 Å². The maximum absolute atomic E-state index is 9.27. The zero-order chi connectivity index (χ0) is 23.3. The SMILES string of the molecule is CSc1ccc(Oc2cc(OCC3CCOCC3)c3[nH]c(C4=NCC(CCO)S4)cc3c2)cc1. The number of ether oxygens (including phenoxy) is 3. The Labute approximate surface area is 208 Å². The number of aromatic nitrogens is 1. The molecule has 34 heavy (non-hydrogen) atoms. The maximum Gasteiger partial charge on any atom is 0.147 e. The van der Waals surface area contributed by atoms with Crippen LogP contribution in [0.4, 0.5) is 0 Å². The molecule has 3 heterocycles. The van der Waals surface area contributed by atoms with E-state index in [0.717, 1.165) is 77.9 Å². The van der Waals surface area contributed by atoms with Gasteiger partial charge in [0.1, 0.15) is 22.3 Å². The predicted molar refractivity (Wildman–Crippen MR) is 140 cm³/mol. The third-order valence-electron chi connectivity index (χ3n) is 6.17. The van der Waals surface area contributed by atoms with Gasteiger partial charge in [-0.1, -0.05) is 11.8 Å². The number of aromatic amines is 1. The van der Waals surface area contributed by atoms with E-state index in [1.165, 1.54) is 4.90 Å². The normalized spacial score (nSPS) is 18.9. The Kier molecular flexibility index (Phi) is 7.69. The van der Waals surface area contributed by atoms with Gasteiger partial charge in [0.25, 0.3) is 0 Å². The van der Waals surface area contributed by atoms with Gasteiger partial charge in [0.05, 0.1) is 24.4 Å². The first-order chi connectivity index (χ1) is 16.7. The molecule has 2 N–H and O–H groups in total. The van der Waals surface area contributed by atoms with E-state index in [-0.39, 0.29) is 6.61 Å². The summed E-state index contributed by atoms with van der Waals surface area (Å²) in [6.45, 7) is 3.20. The molecule has 6 nitrogen and oxygen atoms in total. The number of hydrogen-bond donors (Lipinski definition) is 2. The van der Waals surface area contributed by atoms with Gasteiger partial charge in [-0.15, -0.1) is 11.8 Å². The quantitative estimate of drug-likeness (QED) is 0.367. The average Bonchev–Trinajstić information content (AvgIpc) is 3.51. The molecule has 3 aromatic rings. The van der Waals surface area contributed by atoms with E-state index in [0.29, 0.717) is 17.8 Å². The number of fused-ring (bicyclic) bond motifs is 1. The Morgan fingerprint density at radius 1 is 1.15 bits per heavy atom. The Morgan fingerprint density at radius 3 is 2.74 bits per heavy atom. The van der Waals surface area contributed by atoms with Crippen molar-refractivity contribution in [1.82, 2.24) is 4.98 Å². The van der Waals surface area contributed by atoms with E-state index in [1.807, 2.05) is 24.3 Å². The smallest absolute Gasteiger partial charge is 0.147 e. The summed E-state index contributed by atoms with van der Waals surface area (Å²) in [6, 6.07) is 14.3. The second-order valence-electron chi connectivity index (χ2n) is 8.61. The number of nitrogens with one attached hydrogen (secondary N) is 1. The van der Waals surface area contributed by atoms with Crippen molar-refractivity contribution in [3.05, 3.63) is 48.2 Å². The zero-order valence-corrected chi connectivity index (χ0v) is 20.9. The highest BCUT2D eigenvalue weighted by molar-refractivity contribution is 8.15. The van der Waals surface area contributed by atoms with Crippen molar-refractivity contribution >= 4 is 39.5 Å². The first-order valence-corrected chi connectivity index (χ1v) is 13.8. The molecule has 1 atom stereocenters. The fourth-order valence-corrected chi connectivity index (χ4v) is 5.72. The highest BCUT2D eigenvalue weighted by Gasteiger charge is 2.23.